The summed E-state index contributed by atoms with van der Waals surface area (Å²) in [4.78, 5) is 4.58. The van der Waals surface area contributed by atoms with E-state index >= 15 is 0 Å². The molecule has 0 bridgehead atoms. The first-order chi connectivity index (χ1) is 12.4. The van der Waals surface area contributed by atoms with Gasteiger partial charge in [-0.3, -0.25) is 4.98 Å². The van der Waals surface area contributed by atoms with Gasteiger partial charge in [0.1, 0.15) is 6.10 Å². The van der Waals surface area contributed by atoms with E-state index in [1.807, 2.05) is 18.3 Å². The molecule has 1 aromatic rings. The number of hydrogen-bond donors (Lipinski definition) is 1. The van der Waals surface area contributed by atoms with Crippen LogP contribution in [0, 0.1) is 17.3 Å². The van der Waals surface area contributed by atoms with E-state index in [4.69, 9.17) is 16.0 Å². The van der Waals surface area contributed by atoms with Gasteiger partial charge in [-0.2, -0.15) is 0 Å². The monoisotopic (exact) mass is 394 g/mol. The van der Waals surface area contributed by atoms with E-state index < -0.39 is 8.32 Å². The Kier molecular flexibility index (Phi) is 6.17. The SMILES string of the molecule is CC[Si](CC)(CC)OC(CN[C@H]1C[C@@H]2[C@H](C1)C2(C)C)c1ncccc1Cl. The van der Waals surface area contributed by atoms with Crippen LogP contribution in [0.4, 0.5) is 0 Å². The summed E-state index contributed by atoms with van der Waals surface area (Å²) in [7, 11) is -1.73. The predicted molar refractivity (Wildman–Crippen MR) is 112 cm³/mol. The van der Waals surface area contributed by atoms with Crippen molar-refractivity contribution in [1.29, 1.82) is 0 Å². The fraction of sp³-hybridized carbons (Fsp3) is 0.762. The molecule has 5 heteroatoms. The number of pyridine rings is 1. The quantitative estimate of drug-likeness (QED) is 0.535. The van der Waals surface area contributed by atoms with E-state index in [0.29, 0.717) is 11.5 Å². The van der Waals surface area contributed by atoms with Crippen LogP contribution in [0.1, 0.15) is 59.3 Å². The molecule has 2 aliphatic carbocycles. The van der Waals surface area contributed by atoms with Crippen molar-refractivity contribution in [2.45, 2.75) is 77.7 Å². The normalized spacial score (nSPS) is 28.0. The van der Waals surface area contributed by atoms with Gasteiger partial charge < -0.3 is 9.74 Å². The molecule has 1 unspecified atom stereocenters. The van der Waals surface area contributed by atoms with Crippen molar-refractivity contribution in [3.05, 3.63) is 29.0 Å². The van der Waals surface area contributed by atoms with Crippen molar-refractivity contribution >= 4 is 19.9 Å². The molecule has 0 spiro atoms. The highest BCUT2D eigenvalue weighted by atomic mass is 35.5. The topological polar surface area (TPSA) is 34.1 Å². The minimum atomic E-state index is -1.73. The van der Waals surface area contributed by atoms with Gasteiger partial charge in [0.2, 0.25) is 0 Å². The van der Waals surface area contributed by atoms with Gasteiger partial charge >= 0.3 is 0 Å². The predicted octanol–water partition coefficient (Wildman–Crippen LogP) is 5.82. The largest absolute Gasteiger partial charge is 0.407 e. The van der Waals surface area contributed by atoms with Gasteiger partial charge in [-0.1, -0.05) is 46.2 Å². The van der Waals surface area contributed by atoms with Gasteiger partial charge in [0.15, 0.2) is 8.32 Å². The molecule has 2 aliphatic rings. The Morgan fingerprint density at radius 3 is 2.38 bits per heavy atom. The zero-order chi connectivity index (χ0) is 18.9. The number of rotatable bonds is 9. The average molecular weight is 395 g/mol. The fourth-order valence-electron chi connectivity index (χ4n) is 5.07. The van der Waals surface area contributed by atoms with E-state index in [-0.39, 0.29) is 6.10 Å². The molecule has 0 radical (unpaired) electrons. The van der Waals surface area contributed by atoms with E-state index in [2.05, 4.69) is 44.9 Å². The molecule has 2 fully saturated rings. The third kappa shape index (κ3) is 3.89. The van der Waals surface area contributed by atoms with Crippen LogP contribution in [0.5, 0.6) is 0 Å². The Morgan fingerprint density at radius 2 is 1.85 bits per heavy atom. The van der Waals surface area contributed by atoms with Crippen LogP contribution in [0.2, 0.25) is 23.2 Å². The highest BCUT2D eigenvalue weighted by molar-refractivity contribution is 6.73. The van der Waals surface area contributed by atoms with Crippen LogP contribution in [0.25, 0.3) is 0 Å². The van der Waals surface area contributed by atoms with Crippen molar-refractivity contribution in [3.8, 4) is 0 Å². The minimum absolute atomic E-state index is 0.0415. The van der Waals surface area contributed by atoms with Gasteiger partial charge in [0, 0.05) is 18.8 Å². The lowest BCUT2D eigenvalue weighted by atomic mass is 9.98. The number of halogens is 1. The van der Waals surface area contributed by atoms with E-state index in [1.54, 1.807) is 0 Å². The standard InChI is InChI=1S/C21H35ClN2OSi/c1-6-26(7-2,8-3)25-19(20-18(22)10-9-11-23-20)14-24-15-12-16-17(13-15)21(16,4)5/h9-11,15-17,19,24H,6-8,12-14H2,1-5H3/t15-,16+,17-,19?. The van der Waals surface area contributed by atoms with Crippen LogP contribution >= 0.6 is 11.6 Å². The molecule has 3 nitrogen and oxygen atoms in total. The summed E-state index contributed by atoms with van der Waals surface area (Å²) in [6, 6.07) is 7.87. The second kappa shape index (κ2) is 7.90. The maximum atomic E-state index is 6.82. The van der Waals surface area contributed by atoms with Crippen LogP contribution in [0.15, 0.2) is 18.3 Å². The third-order valence-corrected chi connectivity index (χ3v) is 12.3. The average Bonchev–Trinajstić information content (AvgIpc) is 2.99. The summed E-state index contributed by atoms with van der Waals surface area (Å²) in [5.41, 5.74) is 1.48. The van der Waals surface area contributed by atoms with Crippen LogP contribution in [-0.4, -0.2) is 25.9 Å². The number of hydrogen-bond acceptors (Lipinski definition) is 3. The van der Waals surface area contributed by atoms with E-state index in [1.165, 1.54) is 12.8 Å². The molecule has 1 aromatic heterocycles. The lowest BCUT2D eigenvalue weighted by Crippen LogP contribution is -2.41. The number of nitrogens with zero attached hydrogens (tertiary/aromatic N) is 1. The van der Waals surface area contributed by atoms with Crippen molar-refractivity contribution in [1.82, 2.24) is 10.3 Å². The lowest BCUT2D eigenvalue weighted by molar-refractivity contribution is 0.174. The smallest absolute Gasteiger partial charge is 0.193 e. The van der Waals surface area contributed by atoms with Crippen molar-refractivity contribution < 1.29 is 4.43 Å². The van der Waals surface area contributed by atoms with Crippen molar-refractivity contribution in [2.24, 2.45) is 17.3 Å². The van der Waals surface area contributed by atoms with Crippen LogP contribution < -0.4 is 5.32 Å². The first-order valence-corrected chi connectivity index (χ1v) is 13.3. The van der Waals surface area contributed by atoms with Crippen LogP contribution in [-0.2, 0) is 4.43 Å². The molecular formula is C21H35ClN2OSi. The van der Waals surface area contributed by atoms with E-state index in [0.717, 1.165) is 47.2 Å². The molecule has 0 aliphatic heterocycles. The Hall–Kier alpha value is -0.423. The lowest BCUT2D eigenvalue weighted by Gasteiger charge is -2.34. The summed E-state index contributed by atoms with van der Waals surface area (Å²) in [5, 5.41) is 4.52. The number of nitrogens with one attached hydrogen (secondary N) is 1. The fourth-order valence-corrected chi connectivity index (χ4v) is 8.12. The molecule has 26 heavy (non-hydrogen) atoms. The molecule has 3 rings (SSSR count). The summed E-state index contributed by atoms with van der Waals surface area (Å²) in [5.74, 6) is 1.82. The third-order valence-electron chi connectivity index (χ3n) is 7.37. The summed E-state index contributed by atoms with van der Waals surface area (Å²) in [6.45, 7) is 12.5. The van der Waals surface area contributed by atoms with Gasteiger partial charge in [-0.15, -0.1) is 0 Å². The first kappa shape index (κ1) is 20.3. The first-order valence-electron chi connectivity index (χ1n) is 10.4. The molecule has 146 valence electrons. The molecule has 0 saturated heterocycles. The van der Waals surface area contributed by atoms with Crippen molar-refractivity contribution in [2.75, 3.05) is 6.54 Å². The number of aromatic nitrogens is 1. The van der Waals surface area contributed by atoms with Gasteiger partial charge in [0.25, 0.3) is 0 Å². The molecule has 2 saturated carbocycles. The zero-order valence-corrected chi connectivity index (χ0v) is 18.8. The van der Waals surface area contributed by atoms with Gasteiger partial charge in [-0.05, 0) is 60.4 Å². The molecular weight excluding hydrogens is 360 g/mol. The maximum Gasteiger partial charge on any atom is 0.193 e. The second-order valence-electron chi connectivity index (χ2n) is 8.83. The molecule has 1 heterocycles. The Balaban J connectivity index is 1.69. The zero-order valence-electron chi connectivity index (χ0n) is 17.0. The summed E-state index contributed by atoms with van der Waals surface area (Å²) < 4.78 is 6.82. The molecule has 0 amide bonds. The number of fused-ring (bicyclic) bond motifs is 1. The van der Waals surface area contributed by atoms with Gasteiger partial charge in [-0.25, -0.2) is 0 Å². The highest BCUT2D eigenvalue weighted by Crippen LogP contribution is 2.66. The maximum absolute atomic E-state index is 6.82. The molecule has 0 aromatic carbocycles. The highest BCUT2D eigenvalue weighted by Gasteiger charge is 2.61. The Bertz CT molecular complexity index is 598. The Morgan fingerprint density at radius 1 is 1.23 bits per heavy atom. The van der Waals surface area contributed by atoms with Gasteiger partial charge in [0.05, 0.1) is 10.7 Å². The second-order valence-corrected chi connectivity index (χ2v) is 14.0. The summed E-state index contributed by atoms with van der Waals surface area (Å²) in [6.07, 6.45) is 4.40. The molecule has 1 N–H and O–H groups in total. The Labute approximate surface area is 165 Å². The van der Waals surface area contributed by atoms with Crippen molar-refractivity contribution in [3.63, 3.8) is 0 Å². The minimum Gasteiger partial charge on any atom is -0.407 e. The van der Waals surface area contributed by atoms with Crippen LogP contribution in [0.3, 0.4) is 0 Å². The molecule has 4 atom stereocenters. The van der Waals surface area contributed by atoms with E-state index in [9.17, 15) is 0 Å². The summed E-state index contributed by atoms with van der Waals surface area (Å²) >= 11 is 6.49.